The van der Waals surface area contributed by atoms with Gasteiger partial charge >= 0.3 is 5.69 Å². The van der Waals surface area contributed by atoms with Crippen molar-refractivity contribution in [1.82, 2.24) is 4.98 Å². The largest absolute Gasteiger partial charge is 0.379 e. The maximum atomic E-state index is 11.3. The summed E-state index contributed by atoms with van der Waals surface area (Å²) < 4.78 is 0.858. The predicted molar refractivity (Wildman–Crippen MR) is 84.8 cm³/mol. The number of aromatic nitrogens is 1. The number of hydrogen-bond acceptors (Lipinski definition) is 6. The molecule has 1 aromatic heterocycles. The first-order chi connectivity index (χ1) is 9.75. The molecule has 2 heterocycles. The van der Waals surface area contributed by atoms with E-state index in [0.717, 1.165) is 11.2 Å². The first kappa shape index (κ1) is 13.6. The average molecular weight is 309 g/mol. The molecule has 0 bridgehead atoms. The highest BCUT2D eigenvalue weighted by Gasteiger charge is 2.21. The fourth-order valence-corrected chi connectivity index (χ4v) is 4.33. The van der Waals surface area contributed by atoms with Gasteiger partial charge in [-0.1, -0.05) is 0 Å². The predicted octanol–water partition coefficient (Wildman–Crippen LogP) is 3.76. The second-order valence-electron chi connectivity index (χ2n) is 4.85. The van der Waals surface area contributed by atoms with Crippen LogP contribution in [0.3, 0.4) is 0 Å². The maximum Gasteiger partial charge on any atom is 0.319 e. The summed E-state index contributed by atoms with van der Waals surface area (Å²) in [5.74, 6) is 3.00. The lowest BCUT2D eigenvalue weighted by molar-refractivity contribution is -0.382. The van der Waals surface area contributed by atoms with E-state index in [1.807, 2.05) is 17.8 Å². The van der Waals surface area contributed by atoms with Gasteiger partial charge in [-0.25, -0.2) is 4.98 Å². The standard InChI is InChI=1S/C13H15N3O2S2/c17-16(18)13-10(1-2-11-12(13)15-8-20-11)14-7-9-3-5-19-6-4-9/h1-2,8-9,14H,3-7H2. The molecule has 5 nitrogen and oxygen atoms in total. The fourth-order valence-electron chi connectivity index (χ4n) is 2.45. The van der Waals surface area contributed by atoms with Gasteiger partial charge in [-0.3, -0.25) is 10.1 Å². The highest BCUT2D eigenvalue weighted by Crippen LogP contribution is 2.34. The number of nitro groups is 1. The van der Waals surface area contributed by atoms with E-state index in [2.05, 4.69) is 10.3 Å². The highest BCUT2D eigenvalue weighted by atomic mass is 32.2. The van der Waals surface area contributed by atoms with E-state index in [-0.39, 0.29) is 10.6 Å². The Kier molecular flexibility index (Phi) is 4.07. The van der Waals surface area contributed by atoms with Crippen LogP contribution in [0.25, 0.3) is 10.2 Å². The van der Waals surface area contributed by atoms with E-state index in [9.17, 15) is 10.1 Å². The summed E-state index contributed by atoms with van der Waals surface area (Å²) in [7, 11) is 0. The topological polar surface area (TPSA) is 68.1 Å². The Bertz CT molecular complexity index is 623. The number of nitrogens with one attached hydrogen (secondary N) is 1. The highest BCUT2D eigenvalue weighted by molar-refractivity contribution is 7.99. The van der Waals surface area contributed by atoms with E-state index in [4.69, 9.17) is 0 Å². The molecule has 7 heteroatoms. The van der Waals surface area contributed by atoms with Crippen molar-refractivity contribution in [3.63, 3.8) is 0 Å². The van der Waals surface area contributed by atoms with Crippen LogP contribution in [0.2, 0.25) is 0 Å². The van der Waals surface area contributed by atoms with E-state index in [1.165, 1.54) is 35.7 Å². The van der Waals surface area contributed by atoms with Gasteiger partial charge in [-0.15, -0.1) is 11.3 Å². The third-order valence-corrected chi connectivity index (χ3v) is 5.42. The van der Waals surface area contributed by atoms with Crippen LogP contribution >= 0.6 is 23.1 Å². The van der Waals surface area contributed by atoms with Crippen LogP contribution in [0, 0.1) is 16.0 Å². The molecule has 106 valence electrons. The van der Waals surface area contributed by atoms with Crippen molar-refractivity contribution < 1.29 is 4.92 Å². The van der Waals surface area contributed by atoms with Gasteiger partial charge in [0.1, 0.15) is 5.69 Å². The Balaban J connectivity index is 1.82. The van der Waals surface area contributed by atoms with Crippen LogP contribution in [0.1, 0.15) is 12.8 Å². The van der Waals surface area contributed by atoms with Gasteiger partial charge in [-0.05, 0) is 42.4 Å². The van der Waals surface area contributed by atoms with Gasteiger partial charge in [0.15, 0.2) is 5.52 Å². The van der Waals surface area contributed by atoms with Gasteiger partial charge in [0.25, 0.3) is 0 Å². The SMILES string of the molecule is O=[N+]([O-])c1c(NCC2CCSCC2)ccc2scnc12. The summed E-state index contributed by atoms with van der Waals surface area (Å²) >= 11 is 3.41. The van der Waals surface area contributed by atoms with E-state index < -0.39 is 0 Å². The van der Waals surface area contributed by atoms with Gasteiger partial charge in [0.2, 0.25) is 0 Å². The molecule has 0 saturated carbocycles. The maximum absolute atomic E-state index is 11.3. The molecule has 1 fully saturated rings. The van der Waals surface area contributed by atoms with Gasteiger partial charge in [0, 0.05) is 6.54 Å². The number of thioether (sulfide) groups is 1. The Hall–Kier alpha value is -1.34. The molecule has 0 unspecified atom stereocenters. The Morgan fingerprint density at radius 3 is 2.95 bits per heavy atom. The van der Waals surface area contributed by atoms with Gasteiger partial charge < -0.3 is 5.32 Å². The van der Waals surface area contributed by atoms with E-state index >= 15 is 0 Å². The van der Waals surface area contributed by atoms with Crippen LogP contribution in [0.4, 0.5) is 11.4 Å². The number of nitrogens with zero attached hydrogens (tertiary/aromatic N) is 2. The molecule has 1 aromatic carbocycles. The van der Waals surface area contributed by atoms with Gasteiger partial charge in [0.05, 0.1) is 15.1 Å². The Morgan fingerprint density at radius 2 is 2.20 bits per heavy atom. The second kappa shape index (κ2) is 5.97. The second-order valence-corrected chi connectivity index (χ2v) is 6.97. The number of rotatable bonds is 4. The molecular weight excluding hydrogens is 294 g/mol. The number of thiazole rings is 1. The summed E-state index contributed by atoms with van der Waals surface area (Å²) in [6.45, 7) is 0.803. The fraction of sp³-hybridized carbons (Fsp3) is 0.462. The molecule has 0 amide bonds. The zero-order valence-corrected chi connectivity index (χ0v) is 12.5. The molecular formula is C13H15N3O2S2. The molecule has 1 aliphatic heterocycles. The summed E-state index contributed by atoms with van der Waals surface area (Å²) in [6.07, 6.45) is 2.37. The quantitative estimate of drug-likeness (QED) is 0.688. The Labute approximate surface area is 124 Å². The molecule has 20 heavy (non-hydrogen) atoms. The molecule has 1 N–H and O–H groups in total. The molecule has 1 saturated heterocycles. The number of anilines is 1. The molecule has 0 atom stereocenters. The zero-order chi connectivity index (χ0) is 13.9. The Morgan fingerprint density at radius 1 is 1.40 bits per heavy atom. The summed E-state index contributed by atoms with van der Waals surface area (Å²) in [5, 5.41) is 14.6. The molecule has 1 aliphatic rings. The molecule has 3 rings (SSSR count). The van der Waals surface area contributed by atoms with Crippen molar-refractivity contribution in [2.24, 2.45) is 5.92 Å². The number of nitro benzene ring substituents is 1. The van der Waals surface area contributed by atoms with Crippen molar-refractivity contribution in [1.29, 1.82) is 0 Å². The van der Waals surface area contributed by atoms with Crippen molar-refractivity contribution in [3.8, 4) is 0 Å². The zero-order valence-electron chi connectivity index (χ0n) is 10.9. The average Bonchev–Trinajstić information content (AvgIpc) is 2.93. The summed E-state index contributed by atoms with van der Waals surface area (Å²) in [6, 6.07) is 3.70. The normalized spacial score (nSPS) is 16.4. The van der Waals surface area contributed by atoms with Crippen LogP contribution in [0.15, 0.2) is 17.6 Å². The van der Waals surface area contributed by atoms with Crippen molar-refractivity contribution in [2.75, 3.05) is 23.4 Å². The minimum atomic E-state index is -0.332. The summed E-state index contributed by atoms with van der Waals surface area (Å²) in [4.78, 5) is 15.1. The minimum Gasteiger partial charge on any atom is -0.379 e. The molecule has 0 spiro atoms. The minimum absolute atomic E-state index is 0.105. The first-order valence-corrected chi connectivity index (χ1v) is 8.61. The first-order valence-electron chi connectivity index (χ1n) is 6.58. The van der Waals surface area contributed by atoms with Gasteiger partial charge in [-0.2, -0.15) is 11.8 Å². The van der Waals surface area contributed by atoms with E-state index in [0.29, 0.717) is 17.1 Å². The van der Waals surface area contributed by atoms with Crippen molar-refractivity contribution in [2.45, 2.75) is 12.8 Å². The van der Waals surface area contributed by atoms with Crippen molar-refractivity contribution >= 4 is 44.7 Å². The lowest BCUT2D eigenvalue weighted by atomic mass is 10.0. The lowest BCUT2D eigenvalue weighted by Gasteiger charge is -2.21. The van der Waals surface area contributed by atoms with Crippen molar-refractivity contribution in [3.05, 3.63) is 27.8 Å². The van der Waals surface area contributed by atoms with E-state index in [1.54, 1.807) is 11.6 Å². The molecule has 0 radical (unpaired) electrons. The molecule has 0 aliphatic carbocycles. The number of hydrogen-bond donors (Lipinski definition) is 1. The molecule has 2 aromatic rings. The lowest BCUT2D eigenvalue weighted by Crippen LogP contribution is -2.19. The van der Waals surface area contributed by atoms with Crippen LogP contribution in [-0.4, -0.2) is 28.0 Å². The third-order valence-electron chi connectivity index (χ3n) is 3.58. The number of fused-ring (bicyclic) bond motifs is 1. The van der Waals surface area contributed by atoms with Crippen LogP contribution < -0.4 is 5.32 Å². The summed E-state index contributed by atoms with van der Waals surface area (Å²) in [5.41, 5.74) is 2.84. The smallest absolute Gasteiger partial charge is 0.319 e. The number of benzene rings is 1. The van der Waals surface area contributed by atoms with Crippen LogP contribution in [-0.2, 0) is 0 Å². The third kappa shape index (κ3) is 2.73. The monoisotopic (exact) mass is 309 g/mol. The van der Waals surface area contributed by atoms with Crippen LogP contribution in [0.5, 0.6) is 0 Å².